The first kappa shape index (κ1) is 31.8. The van der Waals surface area contributed by atoms with Gasteiger partial charge in [0.2, 0.25) is 0 Å². The molecule has 244 valence electrons. The number of fused-ring (bicyclic) bond motifs is 3. The molecule has 0 unspecified atom stereocenters. The molecule has 13 heteroatoms. The first-order chi connectivity index (χ1) is 23.8. The first-order valence-corrected chi connectivity index (χ1v) is 15.3. The molecule has 0 atom stereocenters. The predicted octanol–water partition coefficient (Wildman–Crippen LogP) is 7.73. The lowest BCUT2D eigenvalue weighted by Crippen LogP contribution is -2.06. The second-order valence-electron chi connectivity index (χ2n) is 11.8. The van der Waals surface area contributed by atoms with Crippen LogP contribution in [0, 0.1) is 50.4 Å². The van der Waals surface area contributed by atoms with E-state index in [4.69, 9.17) is 5.73 Å². The smallest absolute Gasteiger partial charge is 0.397 e. The second kappa shape index (κ2) is 11.8. The van der Waals surface area contributed by atoms with Gasteiger partial charge in [-0.2, -0.15) is 23.7 Å². The van der Waals surface area contributed by atoms with Gasteiger partial charge in [0.25, 0.3) is 0 Å². The summed E-state index contributed by atoms with van der Waals surface area (Å²) in [5.41, 5.74) is 9.24. The minimum absolute atomic E-state index is 0.0409. The number of halogens is 3. The molecule has 7 aromatic rings. The molecule has 7 rings (SSSR count). The molecule has 0 bridgehead atoms. The van der Waals surface area contributed by atoms with Crippen molar-refractivity contribution in [3.63, 3.8) is 0 Å². The molecule has 0 aliphatic carbocycles. The normalized spacial score (nSPS) is 11.5. The maximum Gasteiger partial charge on any atom is 0.416 e. The van der Waals surface area contributed by atoms with Crippen molar-refractivity contribution in [2.24, 2.45) is 0 Å². The van der Waals surface area contributed by atoms with Gasteiger partial charge in [-0.1, -0.05) is 24.3 Å². The third kappa shape index (κ3) is 5.61. The molecular weight excluding hydrogens is 641 g/mol. The molecule has 0 radical (unpaired) electrons. The summed E-state index contributed by atoms with van der Waals surface area (Å²) in [5.74, 6) is 3.21. The first-order valence-electron chi connectivity index (χ1n) is 15.3. The van der Waals surface area contributed by atoms with Gasteiger partial charge in [-0.05, 0) is 75.7 Å². The highest BCUT2D eigenvalue weighted by Crippen LogP contribution is 2.40. The van der Waals surface area contributed by atoms with Crippen molar-refractivity contribution in [2.45, 2.75) is 33.9 Å². The molecule has 0 saturated heterocycles. The summed E-state index contributed by atoms with van der Waals surface area (Å²) in [5, 5.41) is 21.5. The molecule has 3 heterocycles. The number of benzene rings is 4. The lowest BCUT2D eigenvalue weighted by Gasteiger charge is -2.16. The van der Waals surface area contributed by atoms with E-state index in [-0.39, 0.29) is 27.9 Å². The minimum Gasteiger partial charge on any atom is -0.397 e. The topological polar surface area (TPSA) is 156 Å². The minimum atomic E-state index is -4.70. The van der Waals surface area contributed by atoms with E-state index in [2.05, 4.69) is 36.0 Å². The molecule has 0 amide bonds. The summed E-state index contributed by atoms with van der Waals surface area (Å²) in [6.07, 6.45) is -4.70. The van der Waals surface area contributed by atoms with Gasteiger partial charge in [-0.3, -0.25) is 0 Å². The summed E-state index contributed by atoms with van der Waals surface area (Å²) < 4.78 is 43.2. The monoisotopic (exact) mass is 666 g/mol. The van der Waals surface area contributed by atoms with Crippen LogP contribution in [-0.4, -0.2) is 34.5 Å². The number of nitrogen functional groups attached to an aromatic ring is 1. The molecule has 4 aromatic carbocycles. The van der Waals surface area contributed by atoms with Crippen LogP contribution in [0.25, 0.3) is 61.4 Å². The van der Waals surface area contributed by atoms with Crippen LogP contribution in [-0.2, 0) is 6.18 Å². The fourth-order valence-corrected chi connectivity index (χ4v) is 6.19. The van der Waals surface area contributed by atoms with Crippen LogP contribution in [0.15, 0.2) is 66.7 Å². The number of aromatic nitrogens is 7. The van der Waals surface area contributed by atoms with Crippen LogP contribution in [0.5, 0.6) is 0 Å². The SMILES string of the molecule is Cc1nc(C)nc(-c2ccc3c4ccc(-c5nc(C)nc(C)n5)cc4n(-c4cc(C#N)c(-c5cc(C#N)cc(C(F)(F)F)c5)cc4N)c3c2)n1. The van der Waals surface area contributed by atoms with E-state index in [9.17, 15) is 23.7 Å². The molecule has 0 saturated carbocycles. The molecule has 2 N–H and O–H groups in total. The van der Waals surface area contributed by atoms with E-state index < -0.39 is 11.7 Å². The van der Waals surface area contributed by atoms with Crippen LogP contribution in [0.2, 0.25) is 0 Å². The molecule has 0 fully saturated rings. The van der Waals surface area contributed by atoms with Gasteiger partial charge in [0, 0.05) is 27.5 Å². The maximum absolute atomic E-state index is 13.8. The van der Waals surface area contributed by atoms with Crippen molar-refractivity contribution in [3.05, 3.63) is 107 Å². The Hall–Kier alpha value is -6.73. The fourth-order valence-electron chi connectivity index (χ4n) is 6.19. The standard InChI is InChI=1S/C37H25F3N10/c1-18-44-19(2)47-35(46-18)23-5-7-28-29-8-6-24(36-48-20(3)45-21(4)49-36)13-33(29)50(32(28)12-23)34-14-26(17-42)30(15-31(34)43)25-9-22(16-41)10-27(11-25)37(38,39)40/h5-15H,43H2,1-4H3. The Kier molecular flexibility index (Phi) is 7.49. The van der Waals surface area contributed by atoms with Gasteiger partial charge in [-0.25, -0.2) is 29.9 Å². The Balaban J connectivity index is 1.53. The molecule has 3 aromatic heterocycles. The number of aryl methyl sites for hydroxylation is 4. The second-order valence-corrected chi connectivity index (χ2v) is 11.8. The number of alkyl halides is 3. The average molecular weight is 667 g/mol. The Morgan fingerprint density at radius 3 is 1.60 bits per heavy atom. The molecular formula is C37H25F3N10. The number of nitriles is 2. The number of rotatable bonds is 4. The van der Waals surface area contributed by atoms with Crippen molar-refractivity contribution in [1.29, 1.82) is 10.5 Å². The van der Waals surface area contributed by atoms with Crippen molar-refractivity contribution in [1.82, 2.24) is 34.5 Å². The molecule has 10 nitrogen and oxygen atoms in total. The number of nitrogens with zero attached hydrogens (tertiary/aromatic N) is 9. The number of nitrogens with two attached hydrogens (primary N) is 1. The number of anilines is 1. The van der Waals surface area contributed by atoms with Gasteiger partial charge >= 0.3 is 6.18 Å². The fraction of sp³-hybridized carbons (Fsp3) is 0.135. The van der Waals surface area contributed by atoms with E-state index in [1.54, 1.807) is 39.8 Å². The van der Waals surface area contributed by atoms with Crippen molar-refractivity contribution in [2.75, 3.05) is 5.73 Å². The summed E-state index contributed by atoms with van der Waals surface area (Å²) in [6, 6.07) is 21.5. The maximum atomic E-state index is 13.8. The lowest BCUT2D eigenvalue weighted by molar-refractivity contribution is -0.137. The third-order valence-electron chi connectivity index (χ3n) is 8.23. The molecule has 50 heavy (non-hydrogen) atoms. The zero-order chi connectivity index (χ0) is 35.5. The highest BCUT2D eigenvalue weighted by atomic mass is 19.4. The highest BCUT2D eigenvalue weighted by Gasteiger charge is 2.32. The zero-order valence-corrected chi connectivity index (χ0v) is 27.1. The third-order valence-corrected chi connectivity index (χ3v) is 8.23. The van der Waals surface area contributed by atoms with Crippen LogP contribution >= 0.6 is 0 Å². The molecule has 0 aliphatic rings. The molecule has 0 aliphatic heterocycles. The van der Waals surface area contributed by atoms with E-state index in [0.717, 1.165) is 22.9 Å². The number of hydrogen-bond acceptors (Lipinski definition) is 9. The van der Waals surface area contributed by atoms with Gasteiger partial charge < -0.3 is 10.3 Å². The van der Waals surface area contributed by atoms with Crippen molar-refractivity contribution in [3.8, 4) is 51.7 Å². The average Bonchev–Trinajstić information content (AvgIpc) is 3.39. The van der Waals surface area contributed by atoms with Crippen LogP contribution in [0.1, 0.15) is 40.0 Å². The van der Waals surface area contributed by atoms with E-state index in [1.165, 1.54) is 12.1 Å². The van der Waals surface area contributed by atoms with Crippen LogP contribution in [0.3, 0.4) is 0 Å². The van der Waals surface area contributed by atoms with Gasteiger partial charge in [0.1, 0.15) is 23.3 Å². The van der Waals surface area contributed by atoms with E-state index >= 15 is 0 Å². The van der Waals surface area contributed by atoms with E-state index in [0.29, 0.717) is 62.8 Å². The largest absolute Gasteiger partial charge is 0.416 e. The zero-order valence-electron chi connectivity index (χ0n) is 27.1. The Morgan fingerprint density at radius 1 is 0.620 bits per heavy atom. The lowest BCUT2D eigenvalue weighted by atomic mass is 9.95. The number of hydrogen-bond donors (Lipinski definition) is 1. The van der Waals surface area contributed by atoms with Gasteiger partial charge in [-0.15, -0.1) is 0 Å². The van der Waals surface area contributed by atoms with Gasteiger partial charge in [0.05, 0.1) is 51.2 Å². The Bertz CT molecular complexity index is 2480. The van der Waals surface area contributed by atoms with Crippen molar-refractivity contribution >= 4 is 27.5 Å². The Morgan fingerprint density at radius 2 is 1.14 bits per heavy atom. The van der Waals surface area contributed by atoms with E-state index in [1.807, 2.05) is 41.0 Å². The summed E-state index contributed by atoms with van der Waals surface area (Å²) in [4.78, 5) is 26.8. The van der Waals surface area contributed by atoms with Crippen LogP contribution in [0.4, 0.5) is 18.9 Å². The predicted molar refractivity (Wildman–Crippen MR) is 182 cm³/mol. The summed E-state index contributed by atoms with van der Waals surface area (Å²) in [7, 11) is 0. The highest BCUT2D eigenvalue weighted by molar-refractivity contribution is 6.11. The summed E-state index contributed by atoms with van der Waals surface area (Å²) in [6.45, 7) is 7.15. The quantitative estimate of drug-likeness (QED) is 0.186. The summed E-state index contributed by atoms with van der Waals surface area (Å²) >= 11 is 0. The van der Waals surface area contributed by atoms with Gasteiger partial charge in [0.15, 0.2) is 11.6 Å². The Labute approximate surface area is 283 Å². The van der Waals surface area contributed by atoms with Crippen LogP contribution < -0.4 is 5.73 Å². The van der Waals surface area contributed by atoms with Crippen molar-refractivity contribution < 1.29 is 13.2 Å². The molecule has 0 spiro atoms.